The fraction of sp³-hybridized carbons (Fsp3) is 0.0625. The van der Waals surface area contributed by atoms with Crippen molar-refractivity contribution in [1.29, 1.82) is 0 Å². The highest BCUT2D eigenvalue weighted by Gasteiger charge is 2.07. The van der Waals surface area contributed by atoms with E-state index in [1.807, 2.05) is 6.07 Å². The Balaban J connectivity index is 1.93. The number of hydrogen-bond donors (Lipinski definition) is 1. The van der Waals surface area contributed by atoms with E-state index in [0.29, 0.717) is 32.5 Å². The molecule has 1 aromatic heterocycles. The van der Waals surface area contributed by atoms with Crippen LogP contribution >= 0.6 is 23.2 Å². The normalized spacial score (nSPS) is 11.3. The van der Waals surface area contributed by atoms with Gasteiger partial charge in [0.2, 0.25) is 5.95 Å². The molecule has 0 saturated carbocycles. The Morgan fingerprint density at radius 1 is 1.17 bits per heavy atom. The summed E-state index contributed by atoms with van der Waals surface area (Å²) < 4.78 is 1.40. The van der Waals surface area contributed by atoms with Crippen molar-refractivity contribution in [2.75, 3.05) is 5.43 Å². The van der Waals surface area contributed by atoms with Crippen molar-refractivity contribution in [3.05, 3.63) is 68.4 Å². The fourth-order valence-corrected chi connectivity index (χ4v) is 2.45. The van der Waals surface area contributed by atoms with Crippen LogP contribution in [0.3, 0.4) is 0 Å². The number of aromatic nitrogens is 2. The molecule has 0 fully saturated rings. The average molecular weight is 347 g/mol. The van der Waals surface area contributed by atoms with Crippen molar-refractivity contribution in [2.24, 2.45) is 12.1 Å². The summed E-state index contributed by atoms with van der Waals surface area (Å²) >= 11 is 12.0. The second-order valence-corrected chi connectivity index (χ2v) is 5.61. The van der Waals surface area contributed by atoms with Crippen LogP contribution in [0.2, 0.25) is 10.0 Å². The van der Waals surface area contributed by atoms with Gasteiger partial charge in [0.1, 0.15) is 0 Å². The van der Waals surface area contributed by atoms with Gasteiger partial charge in [-0.1, -0.05) is 47.5 Å². The van der Waals surface area contributed by atoms with E-state index in [-0.39, 0.29) is 5.56 Å². The molecule has 0 radical (unpaired) electrons. The number of nitrogens with one attached hydrogen (secondary N) is 1. The molecule has 3 rings (SSSR count). The highest BCUT2D eigenvalue weighted by Crippen LogP contribution is 2.24. The monoisotopic (exact) mass is 346 g/mol. The van der Waals surface area contributed by atoms with E-state index in [1.165, 1.54) is 10.8 Å². The number of hydrogen-bond acceptors (Lipinski definition) is 4. The molecule has 0 bridgehead atoms. The lowest BCUT2D eigenvalue weighted by molar-refractivity contribution is 0.846. The molecule has 0 aliphatic heterocycles. The molecule has 7 heteroatoms. The quantitative estimate of drug-likeness (QED) is 0.581. The van der Waals surface area contributed by atoms with E-state index < -0.39 is 0 Å². The van der Waals surface area contributed by atoms with Crippen LogP contribution < -0.4 is 11.0 Å². The summed E-state index contributed by atoms with van der Waals surface area (Å²) in [4.78, 5) is 16.7. The zero-order valence-corrected chi connectivity index (χ0v) is 13.6. The summed E-state index contributed by atoms with van der Waals surface area (Å²) in [6, 6.07) is 12.4. The average Bonchev–Trinajstić information content (AvgIpc) is 2.56. The topological polar surface area (TPSA) is 59.3 Å². The molecular weight excluding hydrogens is 335 g/mol. The Hall–Kier alpha value is -2.37. The smallest absolute Gasteiger partial charge is 0.262 e. The van der Waals surface area contributed by atoms with Crippen LogP contribution in [0.25, 0.3) is 10.9 Å². The van der Waals surface area contributed by atoms with Crippen molar-refractivity contribution in [2.45, 2.75) is 0 Å². The van der Waals surface area contributed by atoms with Gasteiger partial charge in [-0.3, -0.25) is 9.36 Å². The molecule has 0 amide bonds. The highest BCUT2D eigenvalue weighted by molar-refractivity contribution is 6.43. The maximum atomic E-state index is 12.3. The lowest BCUT2D eigenvalue weighted by Crippen LogP contribution is -2.21. The SMILES string of the molecule is Cn1c(NN=Cc2cccc(Cl)c2Cl)nc2ccccc2c1=O. The van der Waals surface area contributed by atoms with Gasteiger partial charge in [0, 0.05) is 12.6 Å². The first-order chi connectivity index (χ1) is 11.1. The van der Waals surface area contributed by atoms with Gasteiger partial charge in [-0.15, -0.1) is 0 Å². The second kappa shape index (κ2) is 6.40. The second-order valence-electron chi connectivity index (χ2n) is 4.83. The zero-order valence-electron chi connectivity index (χ0n) is 12.1. The van der Waals surface area contributed by atoms with Crippen molar-refractivity contribution in [1.82, 2.24) is 9.55 Å². The van der Waals surface area contributed by atoms with Crippen LogP contribution in [0, 0.1) is 0 Å². The van der Waals surface area contributed by atoms with Crippen LogP contribution in [0.15, 0.2) is 52.4 Å². The van der Waals surface area contributed by atoms with Gasteiger partial charge in [0.05, 0.1) is 27.2 Å². The van der Waals surface area contributed by atoms with Crippen LogP contribution in [-0.2, 0) is 7.05 Å². The number of anilines is 1. The minimum atomic E-state index is -0.144. The molecule has 1 heterocycles. The molecule has 0 unspecified atom stereocenters. The third-order valence-corrected chi connectivity index (χ3v) is 4.17. The summed E-state index contributed by atoms with van der Waals surface area (Å²) in [6.07, 6.45) is 1.52. The third kappa shape index (κ3) is 3.06. The molecule has 1 N–H and O–H groups in total. The lowest BCUT2D eigenvalue weighted by atomic mass is 10.2. The number of rotatable bonds is 3. The lowest BCUT2D eigenvalue weighted by Gasteiger charge is -2.07. The molecule has 23 heavy (non-hydrogen) atoms. The van der Waals surface area contributed by atoms with E-state index in [9.17, 15) is 4.79 Å². The number of benzene rings is 2. The van der Waals surface area contributed by atoms with Gasteiger partial charge in [0.25, 0.3) is 5.56 Å². The Kier molecular flexibility index (Phi) is 4.32. The third-order valence-electron chi connectivity index (χ3n) is 3.33. The Labute approximate surface area is 142 Å². The van der Waals surface area contributed by atoms with Gasteiger partial charge in [-0.2, -0.15) is 5.10 Å². The summed E-state index contributed by atoms with van der Waals surface area (Å²) in [5.74, 6) is 0.336. The Bertz CT molecular complexity index is 966. The molecule has 3 aromatic rings. The van der Waals surface area contributed by atoms with E-state index in [4.69, 9.17) is 23.2 Å². The number of fused-ring (bicyclic) bond motifs is 1. The van der Waals surface area contributed by atoms with Gasteiger partial charge in [0.15, 0.2) is 0 Å². The van der Waals surface area contributed by atoms with E-state index in [2.05, 4.69) is 15.5 Å². The molecule has 5 nitrogen and oxygen atoms in total. The predicted octanol–water partition coefficient (Wildman–Crippen LogP) is 3.69. The van der Waals surface area contributed by atoms with Crippen LogP contribution in [0.4, 0.5) is 5.95 Å². The first kappa shape index (κ1) is 15.5. The minimum absolute atomic E-state index is 0.144. The van der Waals surface area contributed by atoms with Crippen LogP contribution in [0.5, 0.6) is 0 Å². The van der Waals surface area contributed by atoms with Crippen molar-refractivity contribution < 1.29 is 0 Å². The molecule has 0 spiro atoms. The summed E-state index contributed by atoms with van der Waals surface area (Å²) in [5, 5.41) is 5.51. The van der Waals surface area contributed by atoms with Gasteiger partial charge in [-0.25, -0.2) is 10.4 Å². The van der Waals surface area contributed by atoms with E-state index in [1.54, 1.807) is 43.4 Å². The van der Waals surface area contributed by atoms with E-state index in [0.717, 1.165) is 0 Å². The van der Waals surface area contributed by atoms with Gasteiger partial charge < -0.3 is 0 Å². The van der Waals surface area contributed by atoms with Gasteiger partial charge >= 0.3 is 0 Å². The number of para-hydroxylation sites is 1. The molecule has 0 aliphatic rings. The first-order valence-corrected chi connectivity index (χ1v) is 7.52. The van der Waals surface area contributed by atoms with Crippen LogP contribution in [-0.4, -0.2) is 15.8 Å². The zero-order chi connectivity index (χ0) is 16.4. The van der Waals surface area contributed by atoms with E-state index >= 15 is 0 Å². The van der Waals surface area contributed by atoms with Crippen molar-refractivity contribution >= 4 is 46.3 Å². The van der Waals surface area contributed by atoms with Crippen molar-refractivity contribution in [3.63, 3.8) is 0 Å². The maximum absolute atomic E-state index is 12.3. The largest absolute Gasteiger partial charge is 0.280 e. The fourth-order valence-electron chi connectivity index (χ4n) is 2.10. The van der Waals surface area contributed by atoms with Crippen molar-refractivity contribution in [3.8, 4) is 0 Å². The molecule has 116 valence electrons. The molecular formula is C16H12Cl2N4O. The molecule has 0 atom stereocenters. The highest BCUT2D eigenvalue weighted by atomic mass is 35.5. The Morgan fingerprint density at radius 2 is 1.96 bits per heavy atom. The number of halogens is 2. The van der Waals surface area contributed by atoms with Gasteiger partial charge in [-0.05, 0) is 18.2 Å². The summed E-state index contributed by atoms with van der Waals surface area (Å²) in [6.45, 7) is 0. The number of nitrogens with zero attached hydrogens (tertiary/aromatic N) is 3. The maximum Gasteiger partial charge on any atom is 0.262 e. The van der Waals surface area contributed by atoms with Crippen LogP contribution in [0.1, 0.15) is 5.56 Å². The minimum Gasteiger partial charge on any atom is -0.280 e. The molecule has 0 aliphatic carbocycles. The molecule has 0 saturated heterocycles. The Morgan fingerprint density at radius 3 is 2.78 bits per heavy atom. The number of hydrazone groups is 1. The standard InChI is InChI=1S/C16H12Cl2N4O/c1-22-15(23)11-6-2-3-8-13(11)20-16(22)21-19-9-10-5-4-7-12(17)14(10)18/h2-9H,1H3,(H,20,21). The first-order valence-electron chi connectivity index (χ1n) is 6.77. The summed E-state index contributed by atoms with van der Waals surface area (Å²) in [7, 11) is 1.63. The molecule has 2 aromatic carbocycles. The summed E-state index contributed by atoms with van der Waals surface area (Å²) in [5.41, 5.74) is 3.89. The predicted molar refractivity (Wildman–Crippen MR) is 94.7 cm³/mol.